The Morgan fingerprint density at radius 3 is 2.43 bits per heavy atom. The maximum absolute atomic E-state index is 5.64. The summed E-state index contributed by atoms with van der Waals surface area (Å²) < 4.78 is 2.17. The van der Waals surface area contributed by atoms with Crippen LogP contribution in [0.5, 0.6) is 0 Å². The van der Waals surface area contributed by atoms with Crippen LogP contribution in [-0.4, -0.2) is 38.1 Å². The van der Waals surface area contributed by atoms with Gasteiger partial charge in [-0.3, -0.25) is 4.90 Å². The number of hydrogen-bond donors (Lipinski definition) is 1. The van der Waals surface area contributed by atoms with Crippen molar-refractivity contribution < 1.29 is 0 Å². The molecular weight excluding hydrogens is 262 g/mol. The van der Waals surface area contributed by atoms with Crippen molar-refractivity contribution in [3.05, 3.63) is 30.9 Å². The zero-order valence-corrected chi connectivity index (χ0v) is 13.3. The molecule has 21 heavy (non-hydrogen) atoms. The van der Waals surface area contributed by atoms with E-state index >= 15 is 0 Å². The van der Waals surface area contributed by atoms with E-state index in [0.29, 0.717) is 17.9 Å². The van der Waals surface area contributed by atoms with Crippen molar-refractivity contribution >= 4 is 5.82 Å². The molecule has 0 saturated heterocycles. The van der Waals surface area contributed by atoms with Crippen LogP contribution in [-0.2, 0) is 6.54 Å². The minimum absolute atomic E-state index is 0.537. The summed E-state index contributed by atoms with van der Waals surface area (Å²) in [6.45, 7) is 10.9. The van der Waals surface area contributed by atoms with Crippen LogP contribution in [0.4, 0.5) is 5.82 Å². The molecule has 5 nitrogen and oxygen atoms in total. The summed E-state index contributed by atoms with van der Waals surface area (Å²) in [5.74, 6) is 0.538. The van der Waals surface area contributed by atoms with E-state index in [4.69, 9.17) is 5.73 Å². The molecule has 0 amide bonds. The molecule has 0 aromatic carbocycles. The molecule has 5 heteroatoms. The normalized spacial score (nSPS) is 11.8. The number of pyridine rings is 1. The third kappa shape index (κ3) is 3.82. The average molecular weight is 287 g/mol. The molecule has 0 atom stereocenters. The summed E-state index contributed by atoms with van der Waals surface area (Å²) in [5, 5.41) is 0. The molecule has 114 valence electrons. The van der Waals surface area contributed by atoms with Gasteiger partial charge in [-0.1, -0.05) is 0 Å². The molecule has 0 aliphatic heterocycles. The first-order valence-electron chi connectivity index (χ1n) is 7.46. The van der Waals surface area contributed by atoms with Crippen molar-refractivity contribution in [2.45, 2.75) is 46.3 Å². The van der Waals surface area contributed by atoms with Gasteiger partial charge in [0.2, 0.25) is 0 Å². The molecule has 2 heterocycles. The zero-order valence-electron chi connectivity index (χ0n) is 13.3. The molecule has 0 aliphatic carbocycles. The van der Waals surface area contributed by atoms with Crippen molar-refractivity contribution in [1.82, 2.24) is 19.4 Å². The number of anilines is 1. The Balaban J connectivity index is 2.12. The molecule has 0 fully saturated rings. The smallest absolute Gasteiger partial charge is 0.123 e. The summed E-state index contributed by atoms with van der Waals surface area (Å²) in [7, 11) is 0. The Labute approximate surface area is 126 Å². The number of nitrogens with two attached hydrogens (primary N) is 1. The summed E-state index contributed by atoms with van der Waals surface area (Å²) in [6, 6.07) is 4.88. The van der Waals surface area contributed by atoms with Gasteiger partial charge in [0, 0.05) is 36.9 Å². The van der Waals surface area contributed by atoms with Gasteiger partial charge in [0.25, 0.3) is 0 Å². The Morgan fingerprint density at radius 1 is 1.14 bits per heavy atom. The van der Waals surface area contributed by atoms with Crippen LogP contribution in [0, 0.1) is 0 Å². The Morgan fingerprint density at radius 2 is 1.86 bits per heavy atom. The standard InChI is InChI=1S/C16H25N5/c1-12(2)21(13(3)4)8-7-20-11-18-10-15(20)14-5-6-16(17)19-9-14/h5-6,9-13H,7-8H2,1-4H3,(H2,17,19). The number of aromatic nitrogens is 3. The first kappa shape index (κ1) is 15.5. The quantitative estimate of drug-likeness (QED) is 0.887. The van der Waals surface area contributed by atoms with Crippen LogP contribution < -0.4 is 5.73 Å². The minimum atomic E-state index is 0.537. The molecular formula is C16H25N5. The second kappa shape index (κ2) is 6.72. The SMILES string of the molecule is CC(C)N(CCn1cncc1-c1ccc(N)nc1)C(C)C. The van der Waals surface area contributed by atoms with Crippen molar-refractivity contribution in [1.29, 1.82) is 0 Å². The van der Waals surface area contributed by atoms with Gasteiger partial charge in [-0.2, -0.15) is 0 Å². The molecule has 2 aromatic rings. The molecule has 2 aromatic heterocycles. The van der Waals surface area contributed by atoms with Crippen LogP contribution >= 0.6 is 0 Å². The molecule has 0 spiro atoms. The third-order valence-corrected chi connectivity index (χ3v) is 3.72. The van der Waals surface area contributed by atoms with Crippen LogP contribution in [0.25, 0.3) is 11.3 Å². The van der Waals surface area contributed by atoms with Crippen LogP contribution in [0.3, 0.4) is 0 Å². The van der Waals surface area contributed by atoms with Gasteiger partial charge in [-0.15, -0.1) is 0 Å². The van der Waals surface area contributed by atoms with Crippen molar-refractivity contribution in [2.24, 2.45) is 0 Å². The van der Waals surface area contributed by atoms with E-state index in [0.717, 1.165) is 24.3 Å². The number of hydrogen-bond acceptors (Lipinski definition) is 4. The van der Waals surface area contributed by atoms with E-state index in [1.54, 1.807) is 6.20 Å². The Bertz CT molecular complexity index is 548. The zero-order chi connectivity index (χ0) is 15.4. The van der Waals surface area contributed by atoms with Gasteiger partial charge in [-0.05, 0) is 39.8 Å². The van der Waals surface area contributed by atoms with Crippen LogP contribution in [0.1, 0.15) is 27.7 Å². The van der Waals surface area contributed by atoms with Gasteiger partial charge < -0.3 is 10.3 Å². The molecule has 0 saturated carbocycles. The molecule has 2 N–H and O–H groups in total. The highest BCUT2D eigenvalue weighted by Gasteiger charge is 2.14. The van der Waals surface area contributed by atoms with E-state index in [9.17, 15) is 0 Å². The molecule has 0 unspecified atom stereocenters. The lowest BCUT2D eigenvalue weighted by molar-refractivity contribution is 0.168. The van der Waals surface area contributed by atoms with Crippen molar-refractivity contribution in [3.8, 4) is 11.3 Å². The fraction of sp³-hybridized carbons (Fsp3) is 0.500. The van der Waals surface area contributed by atoms with E-state index in [-0.39, 0.29) is 0 Å². The third-order valence-electron chi connectivity index (χ3n) is 3.72. The lowest BCUT2D eigenvalue weighted by Gasteiger charge is -2.30. The second-order valence-corrected chi connectivity index (χ2v) is 5.87. The molecule has 0 aliphatic rings. The summed E-state index contributed by atoms with van der Waals surface area (Å²) >= 11 is 0. The Kier molecular flexibility index (Phi) is 4.96. The molecule has 0 bridgehead atoms. The van der Waals surface area contributed by atoms with Gasteiger partial charge in [0.05, 0.1) is 18.2 Å². The lowest BCUT2D eigenvalue weighted by Crippen LogP contribution is -2.39. The summed E-state index contributed by atoms with van der Waals surface area (Å²) in [5.41, 5.74) is 7.77. The Hall–Kier alpha value is -1.88. The van der Waals surface area contributed by atoms with Gasteiger partial charge in [0.15, 0.2) is 0 Å². The largest absolute Gasteiger partial charge is 0.384 e. The van der Waals surface area contributed by atoms with Crippen LogP contribution in [0.15, 0.2) is 30.9 Å². The number of imidazole rings is 1. The van der Waals surface area contributed by atoms with Crippen molar-refractivity contribution in [2.75, 3.05) is 12.3 Å². The van der Waals surface area contributed by atoms with E-state index < -0.39 is 0 Å². The fourth-order valence-electron chi connectivity index (χ4n) is 2.63. The maximum Gasteiger partial charge on any atom is 0.123 e. The number of rotatable bonds is 6. The summed E-state index contributed by atoms with van der Waals surface area (Å²) in [6.07, 6.45) is 5.55. The predicted molar refractivity (Wildman–Crippen MR) is 86.8 cm³/mol. The average Bonchev–Trinajstić information content (AvgIpc) is 2.87. The minimum Gasteiger partial charge on any atom is -0.384 e. The van der Waals surface area contributed by atoms with Gasteiger partial charge >= 0.3 is 0 Å². The van der Waals surface area contributed by atoms with E-state index in [1.165, 1.54) is 0 Å². The first-order chi connectivity index (χ1) is 9.99. The highest BCUT2D eigenvalue weighted by atomic mass is 15.2. The van der Waals surface area contributed by atoms with Gasteiger partial charge in [-0.25, -0.2) is 9.97 Å². The number of nitrogen functional groups attached to an aromatic ring is 1. The monoisotopic (exact) mass is 287 g/mol. The van der Waals surface area contributed by atoms with Gasteiger partial charge in [0.1, 0.15) is 5.82 Å². The molecule has 2 rings (SSSR count). The topological polar surface area (TPSA) is 60.0 Å². The predicted octanol–water partition coefficient (Wildman–Crippen LogP) is 2.65. The van der Waals surface area contributed by atoms with E-state index in [1.807, 2.05) is 24.7 Å². The second-order valence-electron chi connectivity index (χ2n) is 5.87. The fourth-order valence-corrected chi connectivity index (χ4v) is 2.63. The number of nitrogens with zero attached hydrogens (tertiary/aromatic N) is 4. The summed E-state index contributed by atoms with van der Waals surface area (Å²) in [4.78, 5) is 10.9. The highest BCUT2D eigenvalue weighted by molar-refractivity contribution is 5.59. The highest BCUT2D eigenvalue weighted by Crippen LogP contribution is 2.19. The van der Waals surface area contributed by atoms with Crippen LogP contribution in [0.2, 0.25) is 0 Å². The van der Waals surface area contributed by atoms with E-state index in [2.05, 4.69) is 47.1 Å². The molecule has 0 radical (unpaired) electrons. The maximum atomic E-state index is 5.64. The first-order valence-corrected chi connectivity index (χ1v) is 7.46. The van der Waals surface area contributed by atoms with Crippen molar-refractivity contribution in [3.63, 3.8) is 0 Å². The lowest BCUT2D eigenvalue weighted by atomic mass is 10.2.